The molecular weight excluding hydrogens is 272 g/mol. The molecule has 1 N–H and O–H groups in total. The van der Waals surface area contributed by atoms with Crippen LogP contribution in [0.15, 0.2) is 65.3 Å². The van der Waals surface area contributed by atoms with Gasteiger partial charge in [-0.2, -0.15) is 0 Å². The van der Waals surface area contributed by atoms with E-state index < -0.39 is 0 Å². The number of fused-ring (bicyclic) bond motifs is 1. The number of nitrogens with one attached hydrogen (secondary N) is 1. The average molecular weight is 293 g/mol. The summed E-state index contributed by atoms with van der Waals surface area (Å²) in [5.74, 6) is 0. The predicted octanol–water partition coefficient (Wildman–Crippen LogP) is 2.34. The van der Waals surface area contributed by atoms with Crippen LogP contribution >= 0.6 is 0 Å². The number of hydrogen-bond donors (Lipinski definition) is 1. The first-order valence-electron chi connectivity index (χ1n) is 7.99. The van der Waals surface area contributed by atoms with Gasteiger partial charge < -0.3 is 14.2 Å². The maximum Gasteiger partial charge on any atom is 0.157 e. The predicted molar refractivity (Wildman–Crippen MR) is 89.3 cm³/mol. The van der Waals surface area contributed by atoms with Gasteiger partial charge in [0.15, 0.2) is 5.58 Å². The minimum atomic E-state index is 1.02. The standard InChI is InChI=1S/C19H20N2O/c1-2-5-16(6-3-1)15-20-10-12-21(13-11-20)18-8-4-7-17-9-14-22-19(17)18/h1-9,14H,10-13,15H2/p+1. The van der Waals surface area contributed by atoms with Crippen LogP contribution in [0.3, 0.4) is 0 Å². The first-order chi connectivity index (χ1) is 10.9. The Morgan fingerprint density at radius 3 is 2.55 bits per heavy atom. The highest BCUT2D eigenvalue weighted by molar-refractivity contribution is 5.89. The van der Waals surface area contributed by atoms with Crippen LogP contribution in [0, 0.1) is 0 Å². The maximum absolute atomic E-state index is 5.68. The molecule has 4 rings (SSSR count). The first kappa shape index (κ1) is 13.4. The summed E-state index contributed by atoms with van der Waals surface area (Å²) in [6.45, 7) is 5.64. The number of nitrogens with zero attached hydrogens (tertiary/aromatic N) is 1. The van der Waals surface area contributed by atoms with Crippen LogP contribution in [0.25, 0.3) is 11.0 Å². The van der Waals surface area contributed by atoms with E-state index in [-0.39, 0.29) is 0 Å². The highest BCUT2D eigenvalue weighted by atomic mass is 16.3. The van der Waals surface area contributed by atoms with Crippen molar-refractivity contribution in [3.8, 4) is 0 Å². The first-order valence-corrected chi connectivity index (χ1v) is 7.99. The van der Waals surface area contributed by atoms with Gasteiger partial charge in [-0.05, 0) is 12.1 Å². The fourth-order valence-electron chi connectivity index (χ4n) is 3.35. The van der Waals surface area contributed by atoms with Gasteiger partial charge in [0, 0.05) is 10.9 Å². The molecule has 2 aromatic carbocycles. The van der Waals surface area contributed by atoms with E-state index in [9.17, 15) is 0 Å². The van der Waals surface area contributed by atoms with Gasteiger partial charge in [-0.15, -0.1) is 0 Å². The normalized spacial score (nSPS) is 16.3. The number of anilines is 1. The molecule has 0 spiro atoms. The molecule has 1 aromatic heterocycles. The van der Waals surface area contributed by atoms with Gasteiger partial charge in [0.05, 0.1) is 38.1 Å². The highest BCUT2D eigenvalue weighted by Crippen LogP contribution is 2.27. The van der Waals surface area contributed by atoms with Crippen molar-refractivity contribution >= 4 is 16.7 Å². The molecule has 3 heteroatoms. The Bertz CT molecular complexity index is 742. The summed E-state index contributed by atoms with van der Waals surface area (Å²) in [5.41, 5.74) is 3.69. The zero-order chi connectivity index (χ0) is 14.8. The molecule has 1 fully saturated rings. The monoisotopic (exact) mass is 293 g/mol. The molecule has 1 aliphatic heterocycles. The van der Waals surface area contributed by atoms with Crippen molar-refractivity contribution in [3.63, 3.8) is 0 Å². The molecular formula is C19H21N2O+. The minimum Gasteiger partial charge on any atom is -0.462 e. The summed E-state index contributed by atoms with van der Waals surface area (Å²) in [4.78, 5) is 4.12. The molecule has 1 aliphatic rings. The molecule has 1 saturated heterocycles. The van der Waals surface area contributed by atoms with Crippen LogP contribution in [0.4, 0.5) is 5.69 Å². The van der Waals surface area contributed by atoms with E-state index >= 15 is 0 Å². The average Bonchev–Trinajstić information content (AvgIpc) is 3.05. The third kappa shape index (κ3) is 2.60. The molecule has 0 atom stereocenters. The number of piperazine rings is 1. The molecule has 0 unspecified atom stereocenters. The molecule has 112 valence electrons. The maximum atomic E-state index is 5.68. The van der Waals surface area contributed by atoms with Crippen molar-refractivity contribution in [2.24, 2.45) is 0 Å². The molecule has 22 heavy (non-hydrogen) atoms. The Kier molecular flexibility index (Phi) is 3.57. The van der Waals surface area contributed by atoms with E-state index in [1.807, 2.05) is 6.07 Å². The van der Waals surface area contributed by atoms with Gasteiger partial charge in [0.1, 0.15) is 6.54 Å². The van der Waals surface area contributed by atoms with Crippen molar-refractivity contribution in [1.29, 1.82) is 0 Å². The van der Waals surface area contributed by atoms with Crippen molar-refractivity contribution < 1.29 is 9.32 Å². The molecule has 0 amide bonds. The van der Waals surface area contributed by atoms with E-state index in [2.05, 4.69) is 53.4 Å². The van der Waals surface area contributed by atoms with Gasteiger partial charge in [-0.3, -0.25) is 0 Å². The van der Waals surface area contributed by atoms with Crippen molar-refractivity contribution in [2.75, 3.05) is 31.1 Å². The Morgan fingerprint density at radius 1 is 0.909 bits per heavy atom. The van der Waals surface area contributed by atoms with Gasteiger partial charge in [-0.25, -0.2) is 0 Å². The van der Waals surface area contributed by atoms with E-state index in [4.69, 9.17) is 4.42 Å². The molecule has 0 radical (unpaired) electrons. The number of rotatable bonds is 3. The summed E-state index contributed by atoms with van der Waals surface area (Å²) in [6, 6.07) is 19.2. The Morgan fingerprint density at radius 2 is 1.73 bits per heavy atom. The third-order valence-electron chi connectivity index (χ3n) is 4.57. The Hall–Kier alpha value is -2.26. The lowest BCUT2D eigenvalue weighted by molar-refractivity contribution is -0.914. The van der Waals surface area contributed by atoms with Crippen molar-refractivity contribution in [1.82, 2.24) is 0 Å². The molecule has 3 aromatic rings. The van der Waals surface area contributed by atoms with Crippen LogP contribution in [-0.2, 0) is 6.54 Å². The van der Waals surface area contributed by atoms with Gasteiger partial charge in [0.25, 0.3) is 0 Å². The second-order valence-corrected chi connectivity index (χ2v) is 6.02. The lowest BCUT2D eigenvalue weighted by Crippen LogP contribution is -3.13. The van der Waals surface area contributed by atoms with E-state index in [0.717, 1.165) is 25.2 Å². The molecule has 0 saturated carbocycles. The highest BCUT2D eigenvalue weighted by Gasteiger charge is 2.22. The number of benzene rings is 2. The fourth-order valence-corrected chi connectivity index (χ4v) is 3.35. The summed E-state index contributed by atoms with van der Waals surface area (Å²) < 4.78 is 5.68. The van der Waals surface area contributed by atoms with E-state index in [1.54, 1.807) is 11.2 Å². The number of furan rings is 1. The minimum absolute atomic E-state index is 1.02. The topological polar surface area (TPSA) is 20.8 Å². The van der Waals surface area contributed by atoms with Crippen LogP contribution in [0.1, 0.15) is 5.56 Å². The zero-order valence-electron chi connectivity index (χ0n) is 12.7. The summed E-state index contributed by atoms with van der Waals surface area (Å²) >= 11 is 0. The molecule has 3 nitrogen and oxygen atoms in total. The third-order valence-corrected chi connectivity index (χ3v) is 4.57. The summed E-state index contributed by atoms with van der Waals surface area (Å²) in [7, 11) is 0. The second-order valence-electron chi connectivity index (χ2n) is 6.02. The largest absolute Gasteiger partial charge is 0.462 e. The van der Waals surface area contributed by atoms with Gasteiger partial charge in [0.2, 0.25) is 0 Å². The van der Waals surface area contributed by atoms with E-state index in [1.165, 1.54) is 29.7 Å². The zero-order valence-corrected chi connectivity index (χ0v) is 12.7. The Labute approximate surface area is 130 Å². The van der Waals surface area contributed by atoms with Crippen LogP contribution in [0.5, 0.6) is 0 Å². The SMILES string of the molecule is c1ccc(C[NH+]2CCN(c3cccc4ccoc34)CC2)cc1. The lowest BCUT2D eigenvalue weighted by Gasteiger charge is -2.33. The van der Waals surface area contributed by atoms with Gasteiger partial charge >= 0.3 is 0 Å². The van der Waals surface area contributed by atoms with Crippen LogP contribution in [0.2, 0.25) is 0 Å². The van der Waals surface area contributed by atoms with E-state index in [0.29, 0.717) is 0 Å². The summed E-state index contributed by atoms with van der Waals surface area (Å²) in [5, 5.41) is 1.19. The number of para-hydroxylation sites is 1. The number of quaternary nitrogens is 1. The summed E-state index contributed by atoms with van der Waals surface area (Å²) in [6.07, 6.45) is 1.78. The lowest BCUT2D eigenvalue weighted by atomic mass is 10.1. The quantitative estimate of drug-likeness (QED) is 0.800. The van der Waals surface area contributed by atoms with Crippen molar-refractivity contribution in [3.05, 3.63) is 66.4 Å². The van der Waals surface area contributed by atoms with Crippen LogP contribution in [-0.4, -0.2) is 26.2 Å². The molecule has 2 heterocycles. The molecule has 0 bridgehead atoms. The van der Waals surface area contributed by atoms with Crippen molar-refractivity contribution in [2.45, 2.75) is 6.54 Å². The second kappa shape index (κ2) is 5.85. The smallest absolute Gasteiger partial charge is 0.157 e. The fraction of sp³-hybridized carbons (Fsp3) is 0.263. The number of hydrogen-bond acceptors (Lipinski definition) is 2. The van der Waals surface area contributed by atoms with Crippen LogP contribution < -0.4 is 9.80 Å². The molecule has 0 aliphatic carbocycles. The van der Waals surface area contributed by atoms with Gasteiger partial charge in [-0.1, -0.05) is 42.5 Å². The Balaban J connectivity index is 1.45.